The summed E-state index contributed by atoms with van der Waals surface area (Å²) >= 11 is 0. The average Bonchev–Trinajstić information content (AvgIpc) is 2.84. The molecular formula is C11H14N4. The molecule has 3 heterocycles. The molecule has 0 amide bonds. The van der Waals surface area contributed by atoms with Crippen molar-refractivity contribution in [3.63, 3.8) is 0 Å². The Balaban J connectivity index is 2.18. The third-order valence-electron chi connectivity index (χ3n) is 3.22. The first-order valence-electron chi connectivity index (χ1n) is 5.31. The SMILES string of the molecule is CC1(c2nnc3ccccn23)CCNC1. The Hall–Kier alpha value is -1.42. The molecule has 0 aliphatic carbocycles. The molecule has 0 aromatic carbocycles. The van der Waals surface area contributed by atoms with Crippen LogP contribution in [0.1, 0.15) is 19.2 Å². The third kappa shape index (κ3) is 1.25. The summed E-state index contributed by atoms with van der Waals surface area (Å²) in [6, 6.07) is 6.00. The van der Waals surface area contributed by atoms with Crippen LogP contribution < -0.4 is 5.32 Å². The molecule has 1 aliphatic rings. The van der Waals surface area contributed by atoms with E-state index in [4.69, 9.17) is 0 Å². The fourth-order valence-electron chi connectivity index (χ4n) is 2.26. The van der Waals surface area contributed by atoms with Crippen molar-refractivity contribution in [2.75, 3.05) is 13.1 Å². The highest BCUT2D eigenvalue weighted by molar-refractivity contribution is 5.38. The molecule has 0 bridgehead atoms. The van der Waals surface area contributed by atoms with Gasteiger partial charge in [0.2, 0.25) is 0 Å². The van der Waals surface area contributed by atoms with Crippen LogP contribution in [0, 0.1) is 0 Å². The first kappa shape index (κ1) is 8.85. The topological polar surface area (TPSA) is 42.2 Å². The fraction of sp³-hybridized carbons (Fsp3) is 0.455. The Bertz CT molecular complexity index is 482. The van der Waals surface area contributed by atoms with Crippen LogP contribution in [0.15, 0.2) is 24.4 Å². The van der Waals surface area contributed by atoms with Crippen molar-refractivity contribution in [3.05, 3.63) is 30.2 Å². The standard InChI is InChI=1S/C11H14N4/c1-11(5-6-12-8-11)10-14-13-9-4-2-3-7-15(9)10/h2-4,7,12H,5-6,8H2,1H3. The van der Waals surface area contributed by atoms with Crippen molar-refractivity contribution in [1.29, 1.82) is 0 Å². The highest BCUT2D eigenvalue weighted by atomic mass is 15.3. The van der Waals surface area contributed by atoms with Crippen molar-refractivity contribution < 1.29 is 0 Å². The lowest BCUT2D eigenvalue weighted by atomic mass is 9.89. The van der Waals surface area contributed by atoms with Gasteiger partial charge in [-0.1, -0.05) is 13.0 Å². The van der Waals surface area contributed by atoms with Gasteiger partial charge in [0.25, 0.3) is 0 Å². The molecule has 4 nitrogen and oxygen atoms in total. The van der Waals surface area contributed by atoms with Crippen LogP contribution in [0.5, 0.6) is 0 Å². The van der Waals surface area contributed by atoms with Gasteiger partial charge in [0.1, 0.15) is 5.82 Å². The minimum absolute atomic E-state index is 0.126. The molecule has 78 valence electrons. The van der Waals surface area contributed by atoms with Crippen LogP contribution >= 0.6 is 0 Å². The monoisotopic (exact) mass is 202 g/mol. The summed E-state index contributed by atoms with van der Waals surface area (Å²) in [5.74, 6) is 1.07. The van der Waals surface area contributed by atoms with Gasteiger partial charge < -0.3 is 5.32 Å². The minimum Gasteiger partial charge on any atom is -0.316 e. The molecule has 1 fully saturated rings. The fourth-order valence-corrected chi connectivity index (χ4v) is 2.26. The quantitative estimate of drug-likeness (QED) is 0.749. The highest BCUT2D eigenvalue weighted by Crippen LogP contribution is 2.28. The highest BCUT2D eigenvalue weighted by Gasteiger charge is 2.34. The Morgan fingerprint density at radius 1 is 1.40 bits per heavy atom. The second kappa shape index (κ2) is 3.03. The zero-order valence-corrected chi connectivity index (χ0v) is 8.77. The van der Waals surface area contributed by atoms with Gasteiger partial charge >= 0.3 is 0 Å². The van der Waals surface area contributed by atoms with E-state index in [9.17, 15) is 0 Å². The molecule has 15 heavy (non-hydrogen) atoms. The minimum atomic E-state index is 0.126. The van der Waals surface area contributed by atoms with Crippen molar-refractivity contribution in [2.45, 2.75) is 18.8 Å². The number of fused-ring (bicyclic) bond motifs is 1. The van der Waals surface area contributed by atoms with Gasteiger partial charge in [-0.05, 0) is 25.1 Å². The zero-order chi connectivity index (χ0) is 10.3. The van der Waals surface area contributed by atoms with Crippen molar-refractivity contribution >= 4 is 5.65 Å². The lowest BCUT2D eigenvalue weighted by Gasteiger charge is -2.19. The number of hydrogen-bond acceptors (Lipinski definition) is 3. The molecule has 0 radical (unpaired) electrons. The molecule has 1 atom stereocenters. The van der Waals surface area contributed by atoms with Crippen LogP contribution in [0.3, 0.4) is 0 Å². The summed E-state index contributed by atoms with van der Waals surface area (Å²) in [7, 11) is 0. The van der Waals surface area contributed by atoms with Gasteiger partial charge in [0.15, 0.2) is 5.65 Å². The van der Waals surface area contributed by atoms with E-state index in [0.29, 0.717) is 0 Å². The Morgan fingerprint density at radius 2 is 2.33 bits per heavy atom. The van der Waals surface area contributed by atoms with E-state index in [1.54, 1.807) is 0 Å². The van der Waals surface area contributed by atoms with E-state index < -0.39 is 0 Å². The van der Waals surface area contributed by atoms with Gasteiger partial charge in [-0.15, -0.1) is 10.2 Å². The molecule has 3 rings (SSSR count). The van der Waals surface area contributed by atoms with Crippen LogP contribution in [0.25, 0.3) is 5.65 Å². The third-order valence-corrected chi connectivity index (χ3v) is 3.22. The van der Waals surface area contributed by atoms with Crippen molar-refractivity contribution in [2.24, 2.45) is 0 Å². The molecule has 1 saturated heterocycles. The van der Waals surface area contributed by atoms with Gasteiger partial charge in [-0.25, -0.2) is 0 Å². The number of nitrogens with zero attached hydrogens (tertiary/aromatic N) is 3. The van der Waals surface area contributed by atoms with E-state index in [-0.39, 0.29) is 5.41 Å². The van der Waals surface area contributed by atoms with Crippen LogP contribution in [0.4, 0.5) is 0 Å². The van der Waals surface area contributed by atoms with E-state index >= 15 is 0 Å². The predicted molar refractivity (Wildman–Crippen MR) is 57.8 cm³/mol. The number of rotatable bonds is 1. The van der Waals surface area contributed by atoms with E-state index in [1.807, 2.05) is 24.4 Å². The number of pyridine rings is 1. The molecular weight excluding hydrogens is 188 g/mol. The number of hydrogen-bond donors (Lipinski definition) is 1. The molecule has 4 heteroatoms. The maximum Gasteiger partial charge on any atom is 0.160 e. The van der Waals surface area contributed by atoms with Crippen molar-refractivity contribution in [1.82, 2.24) is 19.9 Å². The summed E-state index contributed by atoms with van der Waals surface area (Å²) in [5.41, 5.74) is 1.06. The molecule has 2 aromatic rings. The number of aromatic nitrogens is 3. The molecule has 2 aromatic heterocycles. The Labute approximate surface area is 88.3 Å². The largest absolute Gasteiger partial charge is 0.316 e. The zero-order valence-electron chi connectivity index (χ0n) is 8.77. The van der Waals surface area contributed by atoms with Crippen LogP contribution in [0.2, 0.25) is 0 Å². The van der Waals surface area contributed by atoms with Crippen LogP contribution in [-0.4, -0.2) is 27.7 Å². The first-order chi connectivity index (χ1) is 7.30. The first-order valence-corrected chi connectivity index (χ1v) is 5.31. The summed E-state index contributed by atoms with van der Waals surface area (Å²) in [6.45, 7) is 4.30. The van der Waals surface area contributed by atoms with Crippen molar-refractivity contribution in [3.8, 4) is 0 Å². The maximum absolute atomic E-state index is 4.32. The Kier molecular flexibility index (Phi) is 1.79. The predicted octanol–water partition coefficient (Wildman–Crippen LogP) is 0.980. The summed E-state index contributed by atoms with van der Waals surface area (Å²) in [6.07, 6.45) is 3.16. The van der Waals surface area contributed by atoms with Gasteiger partial charge in [-0.3, -0.25) is 4.40 Å². The van der Waals surface area contributed by atoms with E-state index in [0.717, 1.165) is 31.0 Å². The molecule has 1 aliphatic heterocycles. The van der Waals surface area contributed by atoms with E-state index in [2.05, 4.69) is 26.8 Å². The van der Waals surface area contributed by atoms with Gasteiger partial charge in [0.05, 0.1) is 0 Å². The maximum atomic E-state index is 4.32. The lowest BCUT2D eigenvalue weighted by Crippen LogP contribution is -2.27. The summed E-state index contributed by atoms with van der Waals surface area (Å²) < 4.78 is 2.09. The molecule has 1 N–H and O–H groups in total. The van der Waals surface area contributed by atoms with Gasteiger partial charge in [-0.2, -0.15) is 0 Å². The number of nitrogens with one attached hydrogen (secondary N) is 1. The lowest BCUT2D eigenvalue weighted by molar-refractivity contribution is 0.484. The summed E-state index contributed by atoms with van der Waals surface area (Å²) in [5, 5.41) is 11.9. The van der Waals surface area contributed by atoms with Gasteiger partial charge in [0, 0.05) is 18.2 Å². The second-order valence-electron chi connectivity index (χ2n) is 4.44. The van der Waals surface area contributed by atoms with E-state index in [1.165, 1.54) is 0 Å². The average molecular weight is 202 g/mol. The van der Waals surface area contributed by atoms with Crippen LogP contribution in [-0.2, 0) is 5.41 Å². The molecule has 1 unspecified atom stereocenters. The normalized spacial score (nSPS) is 26.2. The Morgan fingerprint density at radius 3 is 3.13 bits per heavy atom. The molecule has 0 spiro atoms. The molecule has 0 saturated carbocycles. The second-order valence-corrected chi connectivity index (χ2v) is 4.44. The smallest absolute Gasteiger partial charge is 0.160 e. The summed E-state index contributed by atoms with van der Waals surface area (Å²) in [4.78, 5) is 0.